The lowest BCUT2D eigenvalue weighted by Crippen LogP contribution is -2.22. The summed E-state index contributed by atoms with van der Waals surface area (Å²) in [6.07, 6.45) is -0.944. The van der Waals surface area contributed by atoms with Crippen LogP contribution in [0, 0.1) is 0 Å². The number of carboxylic acids is 2. The molecule has 1 aromatic carbocycles. The number of carboxylic acid groups (broad SMARTS) is 2. The summed E-state index contributed by atoms with van der Waals surface area (Å²) in [5.41, 5.74) is 0. The smallest absolute Gasteiger partial charge is 0.344 e. The largest absolute Gasteiger partial charge is 0.482 e. The molecule has 0 unspecified atom stereocenters. The van der Waals surface area contributed by atoms with E-state index in [4.69, 9.17) is 19.7 Å². The number of hydrogen-bond acceptors (Lipinski definition) is 4. The Morgan fingerprint density at radius 2 is 1.71 bits per heavy atom. The summed E-state index contributed by atoms with van der Waals surface area (Å²) in [6.45, 7) is 0.989. The molecule has 6 nitrogen and oxygen atoms in total. The Hall–Kier alpha value is -2.24. The maximum absolute atomic E-state index is 10.5. The Balaban J connectivity index is 2.55. The van der Waals surface area contributed by atoms with E-state index in [1.165, 1.54) is 31.2 Å². The fourth-order valence-corrected chi connectivity index (χ4v) is 1.01. The third-order valence-corrected chi connectivity index (χ3v) is 1.85. The van der Waals surface area contributed by atoms with Gasteiger partial charge >= 0.3 is 11.9 Å². The molecular formula is C11H12O6. The molecule has 0 heterocycles. The average Bonchev–Trinajstić information content (AvgIpc) is 2.28. The topological polar surface area (TPSA) is 93.1 Å². The van der Waals surface area contributed by atoms with Crippen LogP contribution < -0.4 is 9.47 Å². The number of ether oxygens (including phenoxy) is 2. The van der Waals surface area contributed by atoms with Crippen LogP contribution in [0.5, 0.6) is 11.5 Å². The monoisotopic (exact) mass is 240 g/mol. The van der Waals surface area contributed by atoms with E-state index in [1.807, 2.05) is 0 Å². The fourth-order valence-electron chi connectivity index (χ4n) is 1.01. The van der Waals surface area contributed by atoms with Gasteiger partial charge in [0.2, 0.25) is 0 Å². The molecule has 0 fully saturated rings. The molecule has 0 saturated heterocycles. The standard InChI is InChI=1S/C11H12O6/c1-7(11(14)15)17-9-4-2-8(3-5-9)16-6-10(12)13/h2-5,7H,6H2,1H3,(H,12,13)(H,14,15)/t7-/m1/s1. The van der Waals surface area contributed by atoms with E-state index in [2.05, 4.69) is 0 Å². The van der Waals surface area contributed by atoms with Gasteiger partial charge in [-0.25, -0.2) is 9.59 Å². The van der Waals surface area contributed by atoms with Crippen LogP contribution in [0.1, 0.15) is 6.92 Å². The minimum atomic E-state index is -1.06. The van der Waals surface area contributed by atoms with Crippen molar-refractivity contribution in [2.75, 3.05) is 6.61 Å². The van der Waals surface area contributed by atoms with E-state index in [-0.39, 0.29) is 0 Å². The lowest BCUT2D eigenvalue weighted by atomic mass is 10.3. The molecule has 0 aliphatic carbocycles. The zero-order valence-corrected chi connectivity index (χ0v) is 9.12. The van der Waals surface area contributed by atoms with Gasteiger partial charge in [-0.05, 0) is 31.2 Å². The van der Waals surface area contributed by atoms with Crippen LogP contribution in [-0.4, -0.2) is 34.9 Å². The third kappa shape index (κ3) is 4.42. The van der Waals surface area contributed by atoms with E-state index in [1.54, 1.807) is 0 Å². The SMILES string of the molecule is C[C@@H](Oc1ccc(OCC(=O)O)cc1)C(=O)O. The first-order valence-corrected chi connectivity index (χ1v) is 4.83. The van der Waals surface area contributed by atoms with Gasteiger partial charge in [-0.2, -0.15) is 0 Å². The van der Waals surface area contributed by atoms with Crippen LogP contribution in [0.2, 0.25) is 0 Å². The molecule has 0 amide bonds. The Labute approximate surface area is 97.4 Å². The van der Waals surface area contributed by atoms with Crippen LogP contribution in [0.25, 0.3) is 0 Å². The number of hydrogen-bond donors (Lipinski definition) is 2. The van der Waals surface area contributed by atoms with Crippen molar-refractivity contribution in [3.63, 3.8) is 0 Å². The van der Waals surface area contributed by atoms with Crippen LogP contribution >= 0.6 is 0 Å². The lowest BCUT2D eigenvalue weighted by molar-refractivity contribution is -0.144. The summed E-state index contributed by atoms with van der Waals surface area (Å²) < 4.78 is 9.99. The number of aliphatic carboxylic acids is 2. The van der Waals surface area contributed by atoms with E-state index in [0.717, 1.165) is 0 Å². The highest BCUT2D eigenvalue weighted by atomic mass is 16.5. The molecule has 2 N–H and O–H groups in total. The van der Waals surface area contributed by atoms with E-state index < -0.39 is 24.6 Å². The zero-order chi connectivity index (χ0) is 12.8. The molecule has 0 aliphatic heterocycles. The highest BCUT2D eigenvalue weighted by molar-refractivity contribution is 5.72. The van der Waals surface area contributed by atoms with Crippen LogP contribution in [0.4, 0.5) is 0 Å². The molecule has 1 atom stereocenters. The second-order valence-electron chi connectivity index (χ2n) is 3.25. The molecule has 1 aromatic rings. The summed E-state index contributed by atoms with van der Waals surface area (Å²) in [5, 5.41) is 17.0. The first-order valence-electron chi connectivity index (χ1n) is 4.83. The highest BCUT2D eigenvalue weighted by Gasteiger charge is 2.12. The highest BCUT2D eigenvalue weighted by Crippen LogP contribution is 2.18. The second kappa shape index (κ2) is 5.74. The normalized spacial score (nSPS) is 11.6. The van der Waals surface area contributed by atoms with Gasteiger partial charge in [0, 0.05) is 0 Å². The fraction of sp³-hybridized carbons (Fsp3) is 0.273. The first-order chi connectivity index (χ1) is 7.99. The number of carbonyl (C=O) groups is 2. The maximum atomic E-state index is 10.5. The Bertz CT molecular complexity index is 397. The number of benzene rings is 1. The minimum absolute atomic E-state index is 0.377. The average molecular weight is 240 g/mol. The predicted molar refractivity (Wildman–Crippen MR) is 57.3 cm³/mol. The molecule has 17 heavy (non-hydrogen) atoms. The van der Waals surface area contributed by atoms with Crippen LogP contribution in [0.15, 0.2) is 24.3 Å². The van der Waals surface area contributed by atoms with Crippen LogP contribution in [0.3, 0.4) is 0 Å². The maximum Gasteiger partial charge on any atom is 0.344 e. The summed E-state index contributed by atoms with van der Waals surface area (Å²) in [5.74, 6) is -1.37. The van der Waals surface area contributed by atoms with Crippen LogP contribution in [-0.2, 0) is 9.59 Å². The van der Waals surface area contributed by atoms with E-state index in [0.29, 0.717) is 11.5 Å². The summed E-state index contributed by atoms with van der Waals surface area (Å²) in [7, 11) is 0. The third-order valence-electron chi connectivity index (χ3n) is 1.85. The Morgan fingerprint density at radius 1 is 1.18 bits per heavy atom. The van der Waals surface area contributed by atoms with Crippen molar-refractivity contribution in [3.05, 3.63) is 24.3 Å². The van der Waals surface area contributed by atoms with Gasteiger partial charge in [-0.15, -0.1) is 0 Å². The van der Waals surface area contributed by atoms with Crippen molar-refractivity contribution in [2.45, 2.75) is 13.0 Å². The van der Waals surface area contributed by atoms with Gasteiger partial charge in [0.15, 0.2) is 12.7 Å². The van der Waals surface area contributed by atoms with E-state index in [9.17, 15) is 9.59 Å². The molecule has 0 saturated carbocycles. The molecule has 0 aromatic heterocycles. The number of rotatable bonds is 6. The molecule has 0 aliphatic rings. The van der Waals surface area contributed by atoms with Crippen molar-refractivity contribution < 1.29 is 29.3 Å². The Kier molecular flexibility index (Phi) is 4.33. The van der Waals surface area contributed by atoms with Crippen molar-refractivity contribution in [2.24, 2.45) is 0 Å². The molecular weight excluding hydrogens is 228 g/mol. The van der Waals surface area contributed by atoms with Gasteiger partial charge in [-0.1, -0.05) is 0 Å². The summed E-state index contributed by atoms with van der Waals surface area (Å²) >= 11 is 0. The van der Waals surface area contributed by atoms with E-state index >= 15 is 0 Å². The van der Waals surface area contributed by atoms with Gasteiger partial charge < -0.3 is 19.7 Å². The Morgan fingerprint density at radius 3 is 2.18 bits per heavy atom. The molecule has 0 spiro atoms. The van der Waals surface area contributed by atoms with Gasteiger partial charge in [-0.3, -0.25) is 0 Å². The zero-order valence-electron chi connectivity index (χ0n) is 9.12. The van der Waals surface area contributed by atoms with Crippen molar-refractivity contribution in [1.82, 2.24) is 0 Å². The van der Waals surface area contributed by atoms with Crippen molar-refractivity contribution in [3.8, 4) is 11.5 Å². The minimum Gasteiger partial charge on any atom is -0.482 e. The van der Waals surface area contributed by atoms with Gasteiger partial charge in [0.1, 0.15) is 11.5 Å². The quantitative estimate of drug-likeness (QED) is 0.770. The lowest BCUT2D eigenvalue weighted by Gasteiger charge is -2.10. The van der Waals surface area contributed by atoms with Crippen molar-refractivity contribution in [1.29, 1.82) is 0 Å². The van der Waals surface area contributed by atoms with Crippen molar-refractivity contribution >= 4 is 11.9 Å². The molecule has 1 rings (SSSR count). The predicted octanol–water partition coefficient (Wildman–Crippen LogP) is 1.00. The molecule has 0 radical (unpaired) electrons. The molecule has 6 heteroatoms. The second-order valence-corrected chi connectivity index (χ2v) is 3.25. The molecule has 92 valence electrons. The molecule has 0 bridgehead atoms. The summed E-state index contributed by atoms with van der Waals surface area (Å²) in [4.78, 5) is 20.8. The van der Waals surface area contributed by atoms with Gasteiger partial charge in [0.05, 0.1) is 0 Å². The van der Waals surface area contributed by atoms with Gasteiger partial charge in [0.25, 0.3) is 0 Å². The summed E-state index contributed by atoms with van der Waals surface area (Å²) in [6, 6.07) is 6.03. The first kappa shape index (κ1) is 12.8.